The van der Waals surface area contributed by atoms with Crippen molar-refractivity contribution in [2.24, 2.45) is 0 Å². The number of hydrogen-bond donors (Lipinski definition) is 2. The number of pyridine rings is 1. The highest BCUT2D eigenvalue weighted by Gasteiger charge is 2.10. The van der Waals surface area contributed by atoms with E-state index in [4.69, 9.17) is 23.2 Å². The van der Waals surface area contributed by atoms with Crippen LogP contribution in [0.4, 0.5) is 17.5 Å². The van der Waals surface area contributed by atoms with Crippen molar-refractivity contribution >= 4 is 40.7 Å². The van der Waals surface area contributed by atoms with Crippen molar-refractivity contribution in [3.05, 3.63) is 58.8 Å². The highest BCUT2D eigenvalue weighted by molar-refractivity contribution is 6.39. The number of aromatic nitrogens is 3. The Morgan fingerprint density at radius 2 is 1.71 bits per heavy atom. The van der Waals surface area contributed by atoms with Crippen LogP contribution in [0.5, 0.6) is 0 Å². The first-order valence-corrected chi connectivity index (χ1v) is 8.17. The van der Waals surface area contributed by atoms with Crippen molar-refractivity contribution in [1.29, 1.82) is 0 Å². The summed E-state index contributed by atoms with van der Waals surface area (Å²) < 4.78 is 0. The summed E-state index contributed by atoms with van der Waals surface area (Å²) in [6.07, 6.45) is 3.45. The first-order valence-electron chi connectivity index (χ1n) is 7.41. The molecular formula is C17H15Cl2N5. The van der Waals surface area contributed by atoms with Gasteiger partial charge in [-0.25, -0.2) is 4.98 Å². The Bertz CT molecular complexity index is 819. The number of anilines is 3. The molecule has 122 valence electrons. The van der Waals surface area contributed by atoms with Crippen LogP contribution >= 0.6 is 23.2 Å². The fourth-order valence-corrected chi connectivity index (χ4v) is 2.66. The Kier molecular flexibility index (Phi) is 5.13. The molecule has 24 heavy (non-hydrogen) atoms. The lowest BCUT2D eigenvalue weighted by Crippen LogP contribution is -2.05. The Balaban J connectivity index is 2.02. The topological polar surface area (TPSA) is 62.7 Å². The summed E-state index contributed by atoms with van der Waals surface area (Å²) in [6, 6.07) is 11.0. The van der Waals surface area contributed by atoms with Crippen LogP contribution in [0.1, 0.15) is 6.92 Å². The maximum absolute atomic E-state index is 6.22. The minimum Gasteiger partial charge on any atom is -0.354 e. The molecule has 0 aliphatic heterocycles. The van der Waals surface area contributed by atoms with E-state index in [2.05, 4.69) is 25.6 Å². The van der Waals surface area contributed by atoms with Crippen LogP contribution in [-0.2, 0) is 0 Å². The molecule has 7 heteroatoms. The van der Waals surface area contributed by atoms with Crippen molar-refractivity contribution < 1.29 is 0 Å². The van der Waals surface area contributed by atoms with E-state index in [0.29, 0.717) is 34.0 Å². The monoisotopic (exact) mass is 359 g/mol. The molecule has 0 radical (unpaired) electrons. The zero-order valence-corrected chi connectivity index (χ0v) is 14.4. The maximum Gasteiger partial charge on any atom is 0.225 e. The first-order chi connectivity index (χ1) is 11.7. The van der Waals surface area contributed by atoms with Crippen molar-refractivity contribution in [2.45, 2.75) is 6.92 Å². The Morgan fingerprint density at radius 3 is 2.38 bits per heavy atom. The van der Waals surface area contributed by atoms with Gasteiger partial charge >= 0.3 is 0 Å². The van der Waals surface area contributed by atoms with E-state index in [1.54, 1.807) is 30.6 Å². The van der Waals surface area contributed by atoms with Crippen molar-refractivity contribution in [3.8, 4) is 11.3 Å². The van der Waals surface area contributed by atoms with Gasteiger partial charge in [0.05, 0.1) is 21.4 Å². The van der Waals surface area contributed by atoms with Gasteiger partial charge in [-0.15, -0.1) is 0 Å². The minimum atomic E-state index is 0.525. The van der Waals surface area contributed by atoms with Gasteiger partial charge in [-0.1, -0.05) is 29.3 Å². The lowest BCUT2D eigenvalue weighted by atomic mass is 10.2. The molecule has 0 bridgehead atoms. The summed E-state index contributed by atoms with van der Waals surface area (Å²) in [6.45, 7) is 2.70. The molecule has 3 aromatic rings. The van der Waals surface area contributed by atoms with E-state index in [-0.39, 0.29) is 0 Å². The van der Waals surface area contributed by atoms with E-state index in [0.717, 1.165) is 11.3 Å². The summed E-state index contributed by atoms with van der Waals surface area (Å²) in [5.41, 5.74) is 2.33. The molecule has 0 atom stereocenters. The Hall–Kier alpha value is -2.37. The number of halogens is 2. The van der Waals surface area contributed by atoms with Crippen LogP contribution < -0.4 is 10.6 Å². The van der Waals surface area contributed by atoms with Crippen LogP contribution in [0.25, 0.3) is 11.3 Å². The molecule has 1 aromatic carbocycles. The molecule has 0 spiro atoms. The average molecular weight is 360 g/mol. The number of nitrogens with one attached hydrogen (secondary N) is 2. The normalized spacial score (nSPS) is 10.5. The van der Waals surface area contributed by atoms with Gasteiger partial charge in [0.25, 0.3) is 0 Å². The fraction of sp³-hybridized carbons (Fsp3) is 0.118. The molecule has 2 N–H and O–H groups in total. The molecule has 0 saturated carbocycles. The minimum absolute atomic E-state index is 0.525. The van der Waals surface area contributed by atoms with Gasteiger partial charge in [0.1, 0.15) is 5.82 Å². The lowest BCUT2D eigenvalue weighted by molar-refractivity contribution is 1.09. The molecule has 5 nitrogen and oxygen atoms in total. The molecule has 2 heterocycles. The summed E-state index contributed by atoms with van der Waals surface area (Å²) >= 11 is 12.4. The third-order valence-electron chi connectivity index (χ3n) is 3.25. The van der Waals surface area contributed by atoms with E-state index in [1.807, 2.05) is 25.1 Å². The number of para-hydroxylation sites is 1. The molecular weight excluding hydrogens is 345 g/mol. The molecule has 3 rings (SSSR count). The second-order valence-electron chi connectivity index (χ2n) is 4.95. The zero-order chi connectivity index (χ0) is 16.9. The third-order valence-corrected chi connectivity index (χ3v) is 3.88. The molecule has 2 aromatic heterocycles. The molecule has 0 amide bonds. The summed E-state index contributed by atoms with van der Waals surface area (Å²) in [7, 11) is 0. The lowest BCUT2D eigenvalue weighted by Gasteiger charge is -2.12. The van der Waals surface area contributed by atoms with E-state index >= 15 is 0 Å². The van der Waals surface area contributed by atoms with Crippen LogP contribution in [0.3, 0.4) is 0 Å². The van der Waals surface area contributed by atoms with Crippen molar-refractivity contribution in [2.75, 3.05) is 17.2 Å². The van der Waals surface area contributed by atoms with Gasteiger partial charge in [-0.3, -0.25) is 4.98 Å². The van der Waals surface area contributed by atoms with Crippen LogP contribution in [0.2, 0.25) is 10.0 Å². The predicted octanol–water partition coefficient (Wildman–Crippen LogP) is 5.02. The Morgan fingerprint density at radius 1 is 1.00 bits per heavy atom. The molecule has 0 unspecified atom stereocenters. The summed E-state index contributed by atoms with van der Waals surface area (Å²) in [5, 5.41) is 7.36. The third kappa shape index (κ3) is 3.75. The van der Waals surface area contributed by atoms with E-state index in [9.17, 15) is 0 Å². The fourth-order valence-electron chi connectivity index (χ4n) is 2.16. The standard InChI is InChI=1S/C17H15Cl2N5/c1-2-21-17-22-14(11-6-8-20-9-7-11)10-15(24-17)23-16-12(18)4-3-5-13(16)19/h3-10H,2H2,1H3,(H2,21,22,23,24). The smallest absolute Gasteiger partial charge is 0.225 e. The number of hydrogen-bond acceptors (Lipinski definition) is 5. The van der Waals surface area contributed by atoms with Gasteiger partial charge in [0.2, 0.25) is 5.95 Å². The van der Waals surface area contributed by atoms with E-state index in [1.165, 1.54) is 0 Å². The number of nitrogens with zero attached hydrogens (tertiary/aromatic N) is 3. The summed E-state index contributed by atoms with van der Waals surface area (Å²) in [5.74, 6) is 1.13. The molecule has 0 aliphatic carbocycles. The molecule has 0 fully saturated rings. The van der Waals surface area contributed by atoms with Crippen LogP contribution in [-0.4, -0.2) is 21.5 Å². The van der Waals surface area contributed by atoms with Gasteiger partial charge in [-0.2, -0.15) is 4.98 Å². The van der Waals surface area contributed by atoms with Gasteiger partial charge in [0, 0.05) is 30.6 Å². The van der Waals surface area contributed by atoms with Gasteiger partial charge in [0.15, 0.2) is 0 Å². The predicted molar refractivity (Wildman–Crippen MR) is 99.2 cm³/mol. The van der Waals surface area contributed by atoms with Gasteiger partial charge < -0.3 is 10.6 Å². The summed E-state index contributed by atoms with van der Waals surface area (Å²) in [4.78, 5) is 13.0. The second kappa shape index (κ2) is 7.47. The average Bonchev–Trinajstić information content (AvgIpc) is 2.59. The highest BCUT2D eigenvalue weighted by Crippen LogP contribution is 2.33. The molecule has 0 aliphatic rings. The van der Waals surface area contributed by atoms with Crippen molar-refractivity contribution in [1.82, 2.24) is 15.0 Å². The number of benzene rings is 1. The first kappa shape index (κ1) is 16.5. The molecule has 0 saturated heterocycles. The van der Waals surface area contributed by atoms with E-state index < -0.39 is 0 Å². The quantitative estimate of drug-likeness (QED) is 0.669. The zero-order valence-electron chi connectivity index (χ0n) is 12.9. The number of rotatable bonds is 5. The van der Waals surface area contributed by atoms with Crippen molar-refractivity contribution in [3.63, 3.8) is 0 Å². The highest BCUT2D eigenvalue weighted by atomic mass is 35.5. The van der Waals surface area contributed by atoms with Gasteiger partial charge in [-0.05, 0) is 31.2 Å². The SMILES string of the molecule is CCNc1nc(Nc2c(Cl)cccc2Cl)cc(-c2ccncc2)n1. The Labute approximate surface area is 150 Å². The maximum atomic E-state index is 6.22. The second-order valence-corrected chi connectivity index (χ2v) is 5.76. The van der Waals surface area contributed by atoms with Crippen LogP contribution in [0, 0.1) is 0 Å². The van der Waals surface area contributed by atoms with Crippen LogP contribution in [0.15, 0.2) is 48.8 Å². The largest absolute Gasteiger partial charge is 0.354 e.